The molecule has 5 fully saturated rings. The third-order valence-corrected chi connectivity index (χ3v) is 14.1. The van der Waals surface area contributed by atoms with Gasteiger partial charge in [0.25, 0.3) is 0 Å². The van der Waals surface area contributed by atoms with Gasteiger partial charge < -0.3 is 5.11 Å². The van der Waals surface area contributed by atoms with Crippen molar-refractivity contribution in [2.75, 3.05) is 0 Å². The van der Waals surface area contributed by atoms with Gasteiger partial charge >= 0.3 is 16.4 Å². The van der Waals surface area contributed by atoms with E-state index in [0.717, 1.165) is 63.4 Å². The number of allylic oxidation sites excluding steroid dienone is 1. The predicted octanol–water partition coefficient (Wildman–Crippen LogP) is 6.92. The largest absolute Gasteiger partial charge is 0.481 e. The van der Waals surface area contributed by atoms with Crippen molar-refractivity contribution in [2.45, 2.75) is 112 Å². The van der Waals surface area contributed by atoms with Crippen LogP contribution >= 0.6 is 0 Å². The van der Waals surface area contributed by atoms with Crippen molar-refractivity contribution < 1.29 is 27.1 Å². The highest BCUT2D eigenvalue weighted by Gasteiger charge is 2.72. The summed E-state index contributed by atoms with van der Waals surface area (Å²) < 4.78 is 37.9. The van der Waals surface area contributed by atoms with E-state index in [0.29, 0.717) is 30.1 Å². The Balaban J connectivity index is 1.52. The average molecular weight is 537 g/mol. The lowest BCUT2D eigenvalue weighted by Gasteiger charge is -2.72. The molecule has 0 aromatic carbocycles. The Morgan fingerprint density at radius 1 is 0.865 bits per heavy atom. The second-order valence-electron chi connectivity index (χ2n) is 15.0. The lowest BCUT2D eigenvalue weighted by Crippen LogP contribution is -2.67. The van der Waals surface area contributed by atoms with Gasteiger partial charge in [0.05, 0.1) is 11.5 Å². The fraction of sp³-hybridized carbons (Fsp3) is 0.900. The van der Waals surface area contributed by atoms with E-state index in [2.05, 4.69) is 48.1 Å². The smallest absolute Gasteiger partial charge is 0.397 e. The monoisotopic (exact) mass is 536 g/mol. The highest BCUT2D eigenvalue weighted by molar-refractivity contribution is 7.80. The normalized spacial score (nSPS) is 50.8. The van der Waals surface area contributed by atoms with Crippen LogP contribution < -0.4 is 0 Å². The van der Waals surface area contributed by atoms with Gasteiger partial charge in [0.1, 0.15) is 0 Å². The van der Waals surface area contributed by atoms with E-state index < -0.39 is 27.9 Å². The molecule has 37 heavy (non-hydrogen) atoms. The van der Waals surface area contributed by atoms with E-state index in [1.54, 1.807) is 0 Å². The molecule has 5 saturated carbocycles. The standard InChI is InChI=1S/C30H48O6S/c1-18(2)19-10-15-30(25(31)32)17-16-28(6)20(24(19)30)8-9-22-27(5)13-12-23(36-37(33,34)35)26(3,4)21(27)11-14-29(22,28)7/h19-24H,1,8-17H2,2-7H3,(H,31,32)(H,33,34,35)/t19-,20+,21-,22+,23+,24+,27-,28+,29+,30-/m0/s1. The van der Waals surface area contributed by atoms with Crippen LogP contribution in [0.4, 0.5) is 0 Å². The summed E-state index contributed by atoms with van der Waals surface area (Å²) in [6.07, 6.45) is 8.68. The second-order valence-corrected chi connectivity index (χ2v) is 16.1. The molecule has 2 N–H and O–H groups in total. The summed E-state index contributed by atoms with van der Waals surface area (Å²) >= 11 is 0. The molecule has 0 spiro atoms. The van der Waals surface area contributed by atoms with E-state index in [9.17, 15) is 22.9 Å². The fourth-order valence-corrected chi connectivity index (χ4v) is 12.4. The summed E-state index contributed by atoms with van der Waals surface area (Å²) in [6, 6.07) is 0. The molecule has 5 rings (SSSR count). The molecule has 0 saturated heterocycles. The Bertz CT molecular complexity index is 1100. The second kappa shape index (κ2) is 8.30. The quantitative estimate of drug-likeness (QED) is 0.299. The molecule has 6 nitrogen and oxygen atoms in total. The maximum atomic E-state index is 12.8. The minimum Gasteiger partial charge on any atom is -0.481 e. The van der Waals surface area contributed by atoms with Gasteiger partial charge in [0.15, 0.2) is 0 Å². The van der Waals surface area contributed by atoms with Crippen LogP contribution in [-0.4, -0.2) is 30.2 Å². The van der Waals surface area contributed by atoms with E-state index in [4.69, 9.17) is 4.18 Å². The first kappa shape index (κ1) is 27.6. The van der Waals surface area contributed by atoms with Crippen LogP contribution in [0, 0.1) is 56.7 Å². The molecule has 0 aliphatic heterocycles. The van der Waals surface area contributed by atoms with Crippen molar-refractivity contribution >= 4 is 16.4 Å². The molecule has 210 valence electrons. The van der Waals surface area contributed by atoms with Crippen molar-refractivity contribution in [3.05, 3.63) is 12.2 Å². The molecule has 0 unspecified atom stereocenters. The minimum atomic E-state index is -4.50. The summed E-state index contributed by atoms with van der Waals surface area (Å²) in [5, 5.41) is 10.5. The van der Waals surface area contributed by atoms with E-state index in [1.165, 1.54) is 0 Å². The Kier molecular flexibility index (Phi) is 6.20. The lowest BCUT2D eigenvalue weighted by molar-refractivity contribution is -0.246. The third-order valence-electron chi connectivity index (χ3n) is 13.7. The van der Waals surface area contributed by atoms with Gasteiger partial charge in [-0.2, -0.15) is 8.42 Å². The molecule has 10 atom stereocenters. The Morgan fingerprint density at radius 2 is 1.54 bits per heavy atom. The van der Waals surface area contributed by atoms with Crippen molar-refractivity contribution in [2.24, 2.45) is 56.7 Å². The fourth-order valence-electron chi connectivity index (χ4n) is 11.8. The van der Waals surface area contributed by atoms with Gasteiger partial charge in [-0.3, -0.25) is 9.35 Å². The first-order valence-electron chi connectivity index (χ1n) is 14.5. The molecule has 0 radical (unpaired) electrons. The van der Waals surface area contributed by atoms with Crippen molar-refractivity contribution in [3.63, 3.8) is 0 Å². The highest BCUT2D eigenvalue weighted by atomic mass is 32.3. The van der Waals surface area contributed by atoms with E-state index in [-0.39, 0.29) is 27.6 Å². The molecule has 0 aromatic heterocycles. The zero-order valence-electron chi connectivity index (χ0n) is 23.7. The number of hydrogen-bond acceptors (Lipinski definition) is 4. The van der Waals surface area contributed by atoms with Crippen LogP contribution in [0.25, 0.3) is 0 Å². The highest BCUT2D eigenvalue weighted by Crippen LogP contribution is 2.77. The first-order chi connectivity index (χ1) is 16.9. The maximum Gasteiger partial charge on any atom is 0.397 e. The van der Waals surface area contributed by atoms with Crippen LogP contribution in [0.15, 0.2) is 12.2 Å². The molecule has 0 aromatic rings. The van der Waals surface area contributed by atoms with Crippen molar-refractivity contribution in [1.29, 1.82) is 0 Å². The summed E-state index contributed by atoms with van der Waals surface area (Å²) in [4.78, 5) is 12.8. The number of carboxylic acid groups (broad SMARTS) is 1. The number of aliphatic carboxylic acids is 1. The first-order valence-corrected chi connectivity index (χ1v) is 15.8. The summed E-state index contributed by atoms with van der Waals surface area (Å²) in [5.74, 6) is 1.04. The Labute approximate surface area is 224 Å². The van der Waals surface area contributed by atoms with Crippen molar-refractivity contribution in [1.82, 2.24) is 0 Å². The maximum absolute atomic E-state index is 12.8. The van der Waals surface area contributed by atoms with Gasteiger partial charge in [-0.05, 0) is 122 Å². The molecule has 5 aliphatic carbocycles. The molecule has 0 heterocycles. The van der Waals surface area contributed by atoms with Gasteiger partial charge in [0, 0.05) is 0 Å². The summed E-state index contributed by atoms with van der Waals surface area (Å²) in [7, 11) is -4.50. The summed E-state index contributed by atoms with van der Waals surface area (Å²) in [6.45, 7) is 18.1. The molecular weight excluding hydrogens is 488 g/mol. The molecule has 0 amide bonds. The van der Waals surface area contributed by atoms with Crippen LogP contribution in [0.1, 0.15) is 106 Å². The van der Waals surface area contributed by atoms with Gasteiger partial charge in [0.2, 0.25) is 0 Å². The molecule has 5 aliphatic rings. The average Bonchev–Trinajstić information content (AvgIpc) is 3.17. The number of fused-ring (bicyclic) bond motifs is 7. The van der Waals surface area contributed by atoms with Crippen LogP contribution in [0.3, 0.4) is 0 Å². The lowest BCUT2D eigenvalue weighted by atomic mass is 9.32. The topological polar surface area (TPSA) is 101 Å². The van der Waals surface area contributed by atoms with Crippen molar-refractivity contribution in [3.8, 4) is 0 Å². The number of carbonyl (C=O) groups is 1. The predicted molar refractivity (Wildman–Crippen MR) is 143 cm³/mol. The van der Waals surface area contributed by atoms with Gasteiger partial charge in [-0.1, -0.05) is 46.8 Å². The van der Waals surface area contributed by atoms with Gasteiger partial charge in [-0.15, -0.1) is 0 Å². The zero-order chi connectivity index (χ0) is 27.4. The zero-order valence-corrected chi connectivity index (χ0v) is 24.5. The third kappa shape index (κ3) is 3.61. The van der Waals surface area contributed by atoms with Crippen LogP contribution in [0.2, 0.25) is 0 Å². The van der Waals surface area contributed by atoms with E-state index in [1.807, 2.05) is 0 Å². The number of carboxylic acids is 1. The SMILES string of the molecule is C=C(C)[C@@H]1CC[C@]2(C(=O)O)CC[C@]3(C)[C@H](CC[C@@H]4[C@@]5(C)CC[C@@H](OS(=O)(=O)O)C(C)(C)[C@@H]5CC[C@]43C)[C@@H]12. The van der Waals surface area contributed by atoms with Gasteiger partial charge in [-0.25, -0.2) is 4.18 Å². The molecular formula is C30H48O6S. The molecule has 0 bridgehead atoms. The Morgan fingerprint density at radius 3 is 2.14 bits per heavy atom. The van der Waals surface area contributed by atoms with E-state index >= 15 is 0 Å². The number of rotatable bonds is 4. The minimum absolute atomic E-state index is 0.0499. The Hall–Kier alpha value is -0.920. The number of hydrogen-bond donors (Lipinski definition) is 2. The summed E-state index contributed by atoms with van der Waals surface area (Å²) in [5.41, 5.74) is 0.390. The van der Waals surface area contributed by atoms with Crippen LogP contribution in [-0.2, 0) is 19.4 Å². The molecule has 7 heteroatoms. The van der Waals surface area contributed by atoms with Crippen LogP contribution in [0.5, 0.6) is 0 Å².